The van der Waals surface area contributed by atoms with Crippen molar-refractivity contribution in [2.24, 2.45) is 0 Å². The number of thioether (sulfide) groups is 1. The fraction of sp³-hybridized carbons (Fsp3) is 0.500. The van der Waals surface area contributed by atoms with Gasteiger partial charge in [0.25, 0.3) is 0 Å². The zero-order valence-electron chi connectivity index (χ0n) is 10.1. The maximum Gasteiger partial charge on any atom is 0.230 e. The van der Waals surface area contributed by atoms with Crippen LogP contribution in [-0.2, 0) is 11.3 Å². The molecule has 0 spiro atoms. The molecule has 0 atom stereocenters. The molecule has 19 heavy (non-hydrogen) atoms. The Morgan fingerprint density at radius 1 is 1.58 bits per heavy atom. The van der Waals surface area contributed by atoms with E-state index in [9.17, 15) is 4.79 Å². The van der Waals surface area contributed by atoms with Crippen LogP contribution >= 0.6 is 11.8 Å². The van der Waals surface area contributed by atoms with Crippen LogP contribution in [0.2, 0.25) is 0 Å². The van der Waals surface area contributed by atoms with E-state index in [1.165, 1.54) is 30.9 Å². The molecule has 0 radical (unpaired) electrons. The van der Waals surface area contributed by atoms with Crippen LogP contribution in [0.4, 0.5) is 0 Å². The molecule has 3 rings (SSSR count). The van der Waals surface area contributed by atoms with Gasteiger partial charge < -0.3 is 9.88 Å². The second-order valence-corrected chi connectivity index (χ2v) is 5.19. The third kappa shape index (κ3) is 3.11. The molecule has 2 aromatic heterocycles. The fourth-order valence-corrected chi connectivity index (χ4v) is 2.43. The number of nitrogens with zero attached hydrogens (tertiary/aromatic N) is 5. The standard InChI is InChI=1S/C10H13N7OS/c18-9(11-3-8-12-5-13-15-8)4-19-10-16-14-6-17(10)7-1-2-7/h5-7H,1-4H2,(H,11,18)(H,12,13,15). The molecule has 0 aliphatic heterocycles. The van der Waals surface area contributed by atoms with Crippen molar-refractivity contribution in [1.29, 1.82) is 0 Å². The molecule has 1 amide bonds. The van der Waals surface area contributed by atoms with Crippen LogP contribution < -0.4 is 5.32 Å². The largest absolute Gasteiger partial charge is 0.348 e. The van der Waals surface area contributed by atoms with Crippen LogP contribution in [0.25, 0.3) is 0 Å². The average molecular weight is 279 g/mol. The van der Waals surface area contributed by atoms with Crippen molar-refractivity contribution in [3.63, 3.8) is 0 Å². The normalized spacial score (nSPS) is 14.5. The van der Waals surface area contributed by atoms with Crippen LogP contribution in [0.1, 0.15) is 24.7 Å². The van der Waals surface area contributed by atoms with Crippen LogP contribution in [0, 0.1) is 0 Å². The third-order valence-electron chi connectivity index (χ3n) is 2.73. The Kier molecular flexibility index (Phi) is 3.45. The van der Waals surface area contributed by atoms with Crippen LogP contribution in [0.15, 0.2) is 17.8 Å². The molecular weight excluding hydrogens is 266 g/mol. The zero-order valence-corrected chi connectivity index (χ0v) is 10.9. The number of carbonyl (C=O) groups excluding carboxylic acids is 1. The number of hydrogen-bond donors (Lipinski definition) is 2. The minimum atomic E-state index is -0.0632. The molecule has 1 fully saturated rings. The Bertz CT molecular complexity index is 548. The Hall–Kier alpha value is -1.90. The molecule has 1 aliphatic carbocycles. The molecule has 9 heteroatoms. The Labute approximate surface area is 113 Å². The van der Waals surface area contributed by atoms with Crippen LogP contribution in [-0.4, -0.2) is 41.6 Å². The lowest BCUT2D eigenvalue weighted by atomic mass is 10.5. The van der Waals surface area contributed by atoms with E-state index in [-0.39, 0.29) is 5.91 Å². The summed E-state index contributed by atoms with van der Waals surface area (Å²) in [5.74, 6) is 0.894. The molecule has 100 valence electrons. The van der Waals surface area contributed by atoms with Gasteiger partial charge in [-0.05, 0) is 12.8 Å². The van der Waals surface area contributed by atoms with Gasteiger partial charge in [-0.1, -0.05) is 11.8 Å². The SMILES string of the molecule is O=C(CSc1nncn1C1CC1)NCc1ncn[nH]1. The second kappa shape index (κ2) is 5.39. The molecule has 0 bridgehead atoms. The zero-order chi connectivity index (χ0) is 13.1. The summed E-state index contributed by atoms with van der Waals surface area (Å²) in [6.45, 7) is 0.356. The summed E-state index contributed by atoms with van der Waals surface area (Å²) in [7, 11) is 0. The lowest BCUT2D eigenvalue weighted by Gasteiger charge is -2.04. The highest BCUT2D eigenvalue weighted by molar-refractivity contribution is 7.99. The van der Waals surface area contributed by atoms with E-state index >= 15 is 0 Å². The van der Waals surface area contributed by atoms with Crippen molar-refractivity contribution in [1.82, 2.24) is 35.3 Å². The number of amides is 1. The van der Waals surface area contributed by atoms with Gasteiger partial charge in [0.1, 0.15) is 18.5 Å². The summed E-state index contributed by atoms with van der Waals surface area (Å²) in [5.41, 5.74) is 0. The summed E-state index contributed by atoms with van der Waals surface area (Å²) in [6.07, 6.45) is 5.48. The first-order valence-corrected chi connectivity index (χ1v) is 6.95. The van der Waals surface area contributed by atoms with Gasteiger partial charge in [-0.15, -0.1) is 10.2 Å². The van der Waals surface area contributed by atoms with E-state index < -0.39 is 0 Å². The summed E-state index contributed by atoms with van der Waals surface area (Å²) < 4.78 is 2.04. The van der Waals surface area contributed by atoms with Gasteiger partial charge in [-0.3, -0.25) is 9.89 Å². The Morgan fingerprint density at radius 2 is 2.47 bits per heavy atom. The van der Waals surface area contributed by atoms with Gasteiger partial charge in [-0.25, -0.2) is 4.98 Å². The fourth-order valence-electron chi connectivity index (χ4n) is 1.62. The number of aromatic amines is 1. The maximum absolute atomic E-state index is 11.7. The van der Waals surface area contributed by atoms with Gasteiger partial charge in [-0.2, -0.15) is 5.10 Å². The summed E-state index contributed by atoms with van der Waals surface area (Å²) in [5, 5.41) is 17.9. The summed E-state index contributed by atoms with van der Waals surface area (Å²) in [6, 6.07) is 0.523. The van der Waals surface area contributed by atoms with Gasteiger partial charge in [0, 0.05) is 6.04 Å². The number of rotatable bonds is 6. The first kappa shape index (κ1) is 12.2. The number of nitrogens with one attached hydrogen (secondary N) is 2. The number of hydrogen-bond acceptors (Lipinski definition) is 6. The van der Waals surface area contributed by atoms with E-state index in [1.54, 1.807) is 6.33 Å². The molecule has 2 aromatic rings. The average Bonchev–Trinajstić information content (AvgIpc) is 2.94. The van der Waals surface area contributed by atoms with Crippen LogP contribution in [0.3, 0.4) is 0 Å². The van der Waals surface area contributed by atoms with Crippen molar-refractivity contribution >= 4 is 17.7 Å². The van der Waals surface area contributed by atoms with Crippen molar-refractivity contribution in [3.8, 4) is 0 Å². The highest BCUT2D eigenvalue weighted by Gasteiger charge is 2.26. The van der Waals surface area contributed by atoms with Gasteiger partial charge in [0.05, 0.1) is 12.3 Å². The van der Waals surface area contributed by atoms with Gasteiger partial charge >= 0.3 is 0 Å². The van der Waals surface area contributed by atoms with Crippen molar-refractivity contribution < 1.29 is 4.79 Å². The lowest BCUT2D eigenvalue weighted by molar-refractivity contribution is -0.118. The molecule has 0 aromatic carbocycles. The predicted octanol–water partition coefficient (Wildman–Crippen LogP) is 0.140. The van der Waals surface area contributed by atoms with Crippen molar-refractivity contribution in [3.05, 3.63) is 18.5 Å². The van der Waals surface area contributed by atoms with Gasteiger partial charge in [0.15, 0.2) is 5.16 Å². The van der Waals surface area contributed by atoms with Crippen molar-refractivity contribution in [2.75, 3.05) is 5.75 Å². The first-order valence-electron chi connectivity index (χ1n) is 5.96. The van der Waals surface area contributed by atoms with Crippen LogP contribution in [0.5, 0.6) is 0 Å². The quantitative estimate of drug-likeness (QED) is 0.729. The highest BCUT2D eigenvalue weighted by atomic mass is 32.2. The molecule has 2 N–H and O–H groups in total. The molecule has 2 heterocycles. The minimum Gasteiger partial charge on any atom is -0.348 e. The topological polar surface area (TPSA) is 101 Å². The lowest BCUT2D eigenvalue weighted by Crippen LogP contribution is -2.25. The Morgan fingerprint density at radius 3 is 3.21 bits per heavy atom. The molecule has 1 aliphatic rings. The molecule has 1 saturated carbocycles. The van der Waals surface area contributed by atoms with E-state index in [0.29, 0.717) is 24.2 Å². The van der Waals surface area contributed by atoms with Gasteiger partial charge in [0.2, 0.25) is 5.91 Å². The monoisotopic (exact) mass is 279 g/mol. The molecule has 0 saturated heterocycles. The Balaban J connectivity index is 1.46. The highest BCUT2D eigenvalue weighted by Crippen LogP contribution is 2.37. The summed E-state index contributed by atoms with van der Waals surface area (Å²) in [4.78, 5) is 15.6. The van der Waals surface area contributed by atoms with E-state index in [4.69, 9.17) is 0 Å². The molecular formula is C10H13N7OS. The van der Waals surface area contributed by atoms with E-state index in [2.05, 4.69) is 30.7 Å². The van der Waals surface area contributed by atoms with Crippen molar-refractivity contribution in [2.45, 2.75) is 30.6 Å². The maximum atomic E-state index is 11.7. The smallest absolute Gasteiger partial charge is 0.230 e. The van der Waals surface area contributed by atoms with E-state index in [1.807, 2.05) is 4.57 Å². The third-order valence-corrected chi connectivity index (χ3v) is 3.69. The molecule has 8 nitrogen and oxygen atoms in total. The number of carbonyl (C=O) groups is 1. The second-order valence-electron chi connectivity index (χ2n) is 4.25. The first-order chi connectivity index (χ1) is 9.33. The summed E-state index contributed by atoms with van der Waals surface area (Å²) >= 11 is 1.40. The number of H-pyrrole nitrogens is 1. The predicted molar refractivity (Wildman–Crippen MR) is 67.2 cm³/mol. The minimum absolute atomic E-state index is 0.0632. The van der Waals surface area contributed by atoms with E-state index in [0.717, 1.165) is 5.16 Å². The molecule has 0 unspecified atom stereocenters. The number of aromatic nitrogens is 6.